The highest BCUT2D eigenvalue weighted by atomic mass is 19.1. The average Bonchev–Trinajstić information content (AvgIpc) is 3.20. The van der Waals surface area contributed by atoms with Crippen molar-refractivity contribution in [3.63, 3.8) is 0 Å². The Bertz CT molecular complexity index is 1290. The van der Waals surface area contributed by atoms with Crippen molar-refractivity contribution < 1.29 is 18.3 Å². The third-order valence-corrected chi connectivity index (χ3v) is 4.96. The van der Waals surface area contributed by atoms with E-state index in [1.165, 1.54) is 19.4 Å². The van der Waals surface area contributed by atoms with Crippen LogP contribution in [-0.4, -0.2) is 40.0 Å². The van der Waals surface area contributed by atoms with Gasteiger partial charge in [-0.1, -0.05) is 6.07 Å². The molecule has 164 valence electrons. The van der Waals surface area contributed by atoms with Gasteiger partial charge in [0.05, 0.1) is 18.9 Å². The summed E-state index contributed by atoms with van der Waals surface area (Å²) in [7, 11) is 2.98. The molecule has 8 nitrogen and oxygen atoms in total. The molecule has 1 amide bonds. The minimum atomic E-state index is -0.635. The van der Waals surface area contributed by atoms with E-state index in [-0.39, 0.29) is 24.8 Å². The van der Waals surface area contributed by atoms with E-state index < -0.39 is 11.8 Å². The lowest BCUT2D eigenvalue weighted by atomic mass is 10.1. The molecule has 0 radical (unpaired) electrons. The number of nitrogens with one attached hydrogen (secondary N) is 3. The molecule has 0 aromatic carbocycles. The maximum absolute atomic E-state index is 14.7. The molecule has 0 aliphatic carbocycles. The Kier molecular flexibility index (Phi) is 5.93. The normalized spacial score (nSPS) is 10.9. The van der Waals surface area contributed by atoms with Crippen molar-refractivity contribution >= 4 is 22.8 Å². The van der Waals surface area contributed by atoms with Gasteiger partial charge in [0, 0.05) is 48.9 Å². The molecule has 0 aliphatic rings. The van der Waals surface area contributed by atoms with Gasteiger partial charge in [-0.05, 0) is 23.8 Å². The Morgan fingerprint density at radius 1 is 1.12 bits per heavy atom. The molecule has 0 fully saturated rings. The van der Waals surface area contributed by atoms with Crippen molar-refractivity contribution in [3.8, 4) is 5.88 Å². The quantitative estimate of drug-likeness (QED) is 0.383. The summed E-state index contributed by atoms with van der Waals surface area (Å²) in [4.78, 5) is 27.0. The smallest absolute Gasteiger partial charge is 0.252 e. The van der Waals surface area contributed by atoms with E-state index in [9.17, 15) is 13.6 Å². The molecule has 0 saturated carbocycles. The number of amides is 1. The highest BCUT2D eigenvalue weighted by Crippen LogP contribution is 2.23. The maximum Gasteiger partial charge on any atom is 0.252 e. The van der Waals surface area contributed by atoms with E-state index in [4.69, 9.17) is 4.74 Å². The van der Waals surface area contributed by atoms with Crippen molar-refractivity contribution in [1.29, 1.82) is 0 Å². The van der Waals surface area contributed by atoms with Crippen LogP contribution >= 0.6 is 0 Å². The van der Waals surface area contributed by atoms with E-state index in [1.54, 1.807) is 31.4 Å². The van der Waals surface area contributed by atoms with E-state index in [1.807, 2.05) is 0 Å². The third kappa shape index (κ3) is 4.34. The number of rotatable bonds is 7. The summed E-state index contributed by atoms with van der Waals surface area (Å²) in [5.41, 5.74) is 2.68. The number of aromatic amines is 1. The first-order valence-corrected chi connectivity index (χ1v) is 9.74. The second-order valence-corrected chi connectivity index (χ2v) is 7.01. The number of H-pyrrole nitrogens is 1. The zero-order chi connectivity index (χ0) is 22.7. The molecule has 0 aliphatic heterocycles. The molecule has 0 unspecified atom stereocenters. The van der Waals surface area contributed by atoms with Crippen LogP contribution in [0, 0.1) is 11.8 Å². The van der Waals surface area contributed by atoms with Gasteiger partial charge in [-0.2, -0.15) is 4.39 Å². The van der Waals surface area contributed by atoms with Crippen LogP contribution in [0.25, 0.3) is 11.0 Å². The van der Waals surface area contributed by atoms with E-state index in [0.717, 1.165) is 17.1 Å². The lowest BCUT2D eigenvalue weighted by Gasteiger charge is -2.10. The molecule has 0 saturated heterocycles. The molecule has 0 spiro atoms. The summed E-state index contributed by atoms with van der Waals surface area (Å²) in [6, 6.07) is 6.28. The van der Waals surface area contributed by atoms with Crippen LogP contribution in [-0.2, 0) is 13.0 Å². The number of anilines is 1. The Morgan fingerprint density at radius 2 is 1.97 bits per heavy atom. The predicted molar refractivity (Wildman–Crippen MR) is 115 cm³/mol. The summed E-state index contributed by atoms with van der Waals surface area (Å²) in [5.74, 6) is -0.811. The number of methoxy groups -OCH3 is 1. The fourth-order valence-electron chi connectivity index (χ4n) is 3.34. The molecule has 32 heavy (non-hydrogen) atoms. The highest BCUT2D eigenvalue weighted by molar-refractivity contribution is 5.97. The minimum Gasteiger partial charge on any atom is -0.481 e. The van der Waals surface area contributed by atoms with Crippen LogP contribution in [0.4, 0.5) is 14.6 Å². The second-order valence-electron chi connectivity index (χ2n) is 7.01. The van der Waals surface area contributed by atoms with Crippen molar-refractivity contribution in [2.75, 3.05) is 19.5 Å². The Morgan fingerprint density at radius 3 is 2.72 bits per heavy atom. The van der Waals surface area contributed by atoms with Crippen molar-refractivity contribution in [2.24, 2.45) is 0 Å². The number of nitrogens with zero attached hydrogens (tertiary/aromatic N) is 3. The molecule has 3 N–H and O–H groups in total. The molecule has 4 rings (SSSR count). The van der Waals surface area contributed by atoms with Crippen LogP contribution in [0.15, 0.2) is 42.9 Å². The van der Waals surface area contributed by atoms with Crippen LogP contribution in [0.1, 0.15) is 27.0 Å². The molecule has 4 heterocycles. The Balaban J connectivity index is 1.52. The van der Waals surface area contributed by atoms with Crippen LogP contribution in [0.3, 0.4) is 0 Å². The van der Waals surface area contributed by atoms with E-state index in [0.29, 0.717) is 28.2 Å². The number of aromatic nitrogens is 4. The van der Waals surface area contributed by atoms with Gasteiger partial charge in [-0.15, -0.1) is 0 Å². The van der Waals surface area contributed by atoms with Crippen LogP contribution in [0.2, 0.25) is 0 Å². The Hall–Kier alpha value is -4.08. The van der Waals surface area contributed by atoms with E-state index >= 15 is 0 Å². The fraction of sp³-hybridized carbons (Fsp3) is 0.182. The number of ether oxygens (including phenoxy) is 1. The van der Waals surface area contributed by atoms with Crippen molar-refractivity contribution in [2.45, 2.75) is 13.0 Å². The van der Waals surface area contributed by atoms with Gasteiger partial charge in [0.15, 0.2) is 0 Å². The first-order chi connectivity index (χ1) is 15.5. The van der Waals surface area contributed by atoms with E-state index in [2.05, 4.69) is 30.6 Å². The Labute approximate surface area is 182 Å². The highest BCUT2D eigenvalue weighted by Gasteiger charge is 2.13. The largest absolute Gasteiger partial charge is 0.481 e. The van der Waals surface area contributed by atoms with Gasteiger partial charge < -0.3 is 20.4 Å². The monoisotopic (exact) mass is 438 g/mol. The molecule has 4 aromatic heterocycles. The maximum atomic E-state index is 14.7. The molecular weight excluding hydrogens is 418 g/mol. The molecule has 0 atom stereocenters. The summed E-state index contributed by atoms with van der Waals surface area (Å²) in [6.45, 7) is 0.163. The summed E-state index contributed by atoms with van der Waals surface area (Å²) >= 11 is 0. The number of hydrogen-bond acceptors (Lipinski definition) is 6. The van der Waals surface area contributed by atoms with Gasteiger partial charge in [0.25, 0.3) is 5.91 Å². The van der Waals surface area contributed by atoms with Crippen LogP contribution in [0.5, 0.6) is 5.88 Å². The number of hydrogen-bond donors (Lipinski definition) is 3. The lowest BCUT2D eigenvalue weighted by Crippen LogP contribution is -2.17. The van der Waals surface area contributed by atoms with Gasteiger partial charge >= 0.3 is 0 Å². The number of halogens is 2. The molecule has 4 aromatic rings. The summed E-state index contributed by atoms with van der Waals surface area (Å²) < 4.78 is 33.3. The van der Waals surface area contributed by atoms with Gasteiger partial charge in [0.1, 0.15) is 17.3 Å². The number of fused-ring (bicyclic) bond motifs is 1. The molecular formula is C22H20F2N6O2. The van der Waals surface area contributed by atoms with Gasteiger partial charge in [-0.3, -0.25) is 4.79 Å². The number of pyridine rings is 3. The van der Waals surface area contributed by atoms with Gasteiger partial charge in [0.2, 0.25) is 11.8 Å². The standard InChI is InChI=1S/C22H20F2N6O2/c1-25-21(31)14-7-17-13(8-27-20(17)28-9-14)5-12-3-4-18(30-19(12)24)26-10-15-6-16(23)11-29-22(15)32-2/h3-4,6-9,11H,5,10H2,1-2H3,(H,25,31)(H,26,30)(H,27,28). The number of carbonyl (C=O) groups excluding carboxylic acids is 1. The van der Waals surface area contributed by atoms with Crippen molar-refractivity contribution in [1.82, 2.24) is 25.3 Å². The molecule has 0 bridgehead atoms. The third-order valence-electron chi connectivity index (χ3n) is 4.96. The minimum absolute atomic E-state index is 0.163. The van der Waals surface area contributed by atoms with Crippen molar-refractivity contribution in [3.05, 3.63) is 76.9 Å². The first kappa shape index (κ1) is 21.2. The predicted octanol–water partition coefficient (Wildman–Crippen LogP) is 3.20. The van der Waals surface area contributed by atoms with Gasteiger partial charge in [-0.25, -0.2) is 19.3 Å². The summed E-state index contributed by atoms with van der Waals surface area (Å²) in [5, 5.41) is 6.24. The fourth-order valence-corrected chi connectivity index (χ4v) is 3.34. The first-order valence-electron chi connectivity index (χ1n) is 9.74. The molecule has 10 heteroatoms. The van der Waals surface area contributed by atoms with Crippen LogP contribution < -0.4 is 15.4 Å². The zero-order valence-corrected chi connectivity index (χ0v) is 17.4. The average molecular weight is 438 g/mol. The summed E-state index contributed by atoms with van der Waals surface area (Å²) in [6.07, 6.45) is 4.54. The lowest BCUT2D eigenvalue weighted by molar-refractivity contribution is 0.0963. The topological polar surface area (TPSA) is 105 Å². The SMILES string of the molecule is CNC(=O)c1cnc2[nH]cc(Cc3ccc(NCc4cc(F)cnc4OC)nc3F)c2c1. The second kappa shape index (κ2) is 8.96. The zero-order valence-electron chi connectivity index (χ0n) is 17.4. The number of carbonyl (C=O) groups is 1.